The third-order valence-electron chi connectivity index (χ3n) is 2.56. The molecule has 0 saturated heterocycles. The molecule has 0 heterocycles. The van der Waals surface area contributed by atoms with Crippen LogP contribution in [0.3, 0.4) is 0 Å². The Morgan fingerprint density at radius 2 is 2.19 bits per heavy atom. The van der Waals surface area contributed by atoms with Gasteiger partial charge < -0.3 is 19.3 Å². The second-order valence-electron chi connectivity index (χ2n) is 4.27. The fourth-order valence-corrected chi connectivity index (χ4v) is 1.60. The molecule has 0 aliphatic rings. The number of rotatable bonds is 6. The Bertz CT molecular complexity index is 574. The molecule has 0 unspecified atom stereocenters. The van der Waals surface area contributed by atoms with Crippen LogP contribution in [0.4, 0.5) is 0 Å². The van der Waals surface area contributed by atoms with Crippen molar-refractivity contribution in [3.63, 3.8) is 0 Å². The molecular weight excluding hydrogens is 274 g/mol. The maximum absolute atomic E-state index is 11.8. The molecule has 0 fully saturated rings. The average molecular weight is 291 g/mol. The van der Waals surface area contributed by atoms with Gasteiger partial charge in [0.1, 0.15) is 17.7 Å². The van der Waals surface area contributed by atoms with Gasteiger partial charge in [0, 0.05) is 7.11 Å². The molecule has 0 aliphatic heterocycles. The van der Waals surface area contributed by atoms with E-state index in [-0.39, 0.29) is 23.7 Å². The number of carbonyl (C=O) groups excluding carboxylic acids is 1. The summed E-state index contributed by atoms with van der Waals surface area (Å²) in [6, 6.07) is 6.28. The van der Waals surface area contributed by atoms with Gasteiger partial charge in [0.25, 0.3) is 0 Å². The number of phenols is 1. The summed E-state index contributed by atoms with van der Waals surface area (Å²) in [7, 11) is 2.91. The summed E-state index contributed by atoms with van der Waals surface area (Å²) in [6.07, 6.45) is 0.915. The third-order valence-corrected chi connectivity index (χ3v) is 2.56. The molecule has 0 aromatic heterocycles. The Hall–Kier alpha value is -2.52. The fraction of sp³-hybridized carbons (Fsp3) is 0.333. The summed E-state index contributed by atoms with van der Waals surface area (Å²) in [4.78, 5) is 11.8. The van der Waals surface area contributed by atoms with Crippen molar-refractivity contribution >= 4 is 12.0 Å². The Morgan fingerprint density at radius 1 is 1.48 bits per heavy atom. The zero-order chi connectivity index (χ0) is 15.8. The lowest BCUT2D eigenvalue weighted by molar-refractivity contribution is -0.145. The lowest BCUT2D eigenvalue weighted by atomic mass is 10.1. The van der Waals surface area contributed by atoms with Gasteiger partial charge in [-0.05, 0) is 30.7 Å². The number of phenolic OH excluding ortho intramolecular Hbond substituents is 1. The number of esters is 1. The van der Waals surface area contributed by atoms with Crippen LogP contribution in [0.1, 0.15) is 12.5 Å². The van der Waals surface area contributed by atoms with E-state index in [1.54, 1.807) is 19.1 Å². The number of nitrogens with zero attached hydrogens (tertiary/aromatic N) is 1. The minimum absolute atomic E-state index is 0.0237. The Balaban J connectivity index is 2.94. The van der Waals surface area contributed by atoms with Crippen LogP contribution in [0.15, 0.2) is 23.8 Å². The largest absolute Gasteiger partial charge is 0.504 e. The maximum atomic E-state index is 11.8. The first-order valence-electron chi connectivity index (χ1n) is 6.20. The second kappa shape index (κ2) is 7.92. The molecule has 1 rings (SSSR count). The molecule has 21 heavy (non-hydrogen) atoms. The molecule has 0 radical (unpaired) electrons. The van der Waals surface area contributed by atoms with Crippen molar-refractivity contribution in [1.82, 2.24) is 0 Å². The van der Waals surface area contributed by atoms with E-state index in [1.807, 2.05) is 0 Å². The van der Waals surface area contributed by atoms with Crippen molar-refractivity contribution in [2.45, 2.75) is 13.0 Å². The van der Waals surface area contributed by atoms with E-state index in [2.05, 4.69) is 0 Å². The minimum atomic E-state index is -0.728. The number of benzene rings is 1. The maximum Gasteiger partial charge on any atom is 0.349 e. The van der Waals surface area contributed by atoms with Crippen LogP contribution in [0.2, 0.25) is 0 Å². The number of carbonyl (C=O) groups is 1. The normalized spacial score (nSPS) is 12.4. The molecule has 1 aromatic rings. The second-order valence-corrected chi connectivity index (χ2v) is 4.27. The van der Waals surface area contributed by atoms with Crippen LogP contribution in [-0.2, 0) is 14.3 Å². The minimum Gasteiger partial charge on any atom is -0.504 e. The summed E-state index contributed by atoms with van der Waals surface area (Å²) in [5.41, 5.74) is 0.392. The zero-order valence-electron chi connectivity index (χ0n) is 12.1. The molecular formula is C15H17NO5. The highest BCUT2D eigenvalue weighted by atomic mass is 16.6. The van der Waals surface area contributed by atoms with Gasteiger partial charge in [-0.2, -0.15) is 5.26 Å². The highest BCUT2D eigenvalue weighted by Crippen LogP contribution is 2.27. The molecule has 0 bridgehead atoms. The molecule has 1 atom stereocenters. The Morgan fingerprint density at radius 3 is 2.76 bits per heavy atom. The number of ether oxygens (including phenoxy) is 3. The predicted molar refractivity (Wildman–Crippen MR) is 75.7 cm³/mol. The highest BCUT2D eigenvalue weighted by molar-refractivity contribution is 5.98. The van der Waals surface area contributed by atoms with Gasteiger partial charge in [0.05, 0.1) is 13.7 Å². The molecule has 1 N–H and O–H groups in total. The average Bonchev–Trinajstić information content (AvgIpc) is 2.46. The van der Waals surface area contributed by atoms with Crippen LogP contribution in [0, 0.1) is 11.3 Å². The van der Waals surface area contributed by atoms with Gasteiger partial charge in [0.2, 0.25) is 0 Å². The van der Waals surface area contributed by atoms with Crippen LogP contribution >= 0.6 is 0 Å². The molecule has 0 amide bonds. The number of hydrogen-bond acceptors (Lipinski definition) is 6. The highest BCUT2D eigenvalue weighted by Gasteiger charge is 2.15. The van der Waals surface area contributed by atoms with E-state index in [0.29, 0.717) is 5.56 Å². The van der Waals surface area contributed by atoms with E-state index in [9.17, 15) is 9.90 Å². The summed E-state index contributed by atoms with van der Waals surface area (Å²) in [5, 5.41) is 18.5. The number of methoxy groups -OCH3 is 2. The van der Waals surface area contributed by atoms with Crippen molar-refractivity contribution < 1.29 is 24.1 Å². The van der Waals surface area contributed by atoms with E-state index in [1.165, 1.54) is 32.4 Å². The van der Waals surface area contributed by atoms with E-state index >= 15 is 0 Å². The SMILES string of the molecule is COC[C@H](C)OC(=O)/C(C#N)=C/c1ccc(O)c(OC)c1. The van der Waals surface area contributed by atoms with Gasteiger partial charge in [-0.1, -0.05) is 6.07 Å². The first kappa shape index (κ1) is 16.5. The lowest BCUT2D eigenvalue weighted by Crippen LogP contribution is -2.20. The van der Waals surface area contributed by atoms with Gasteiger partial charge in [-0.3, -0.25) is 0 Å². The predicted octanol–water partition coefficient (Wildman–Crippen LogP) is 1.89. The Labute approximate surface area is 123 Å². The number of aromatic hydroxyl groups is 1. The van der Waals surface area contributed by atoms with Crippen LogP contribution < -0.4 is 4.74 Å². The van der Waals surface area contributed by atoms with E-state index in [0.717, 1.165) is 0 Å². The fourth-order valence-electron chi connectivity index (χ4n) is 1.60. The van der Waals surface area contributed by atoms with Gasteiger partial charge in [0.15, 0.2) is 11.5 Å². The van der Waals surface area contributed by atoms with Crippen molar-refractivity contribution in [3.8, 4) is 17.6 Å². The molecule has 0 spiro atoms. The Kier molecular flexibility index (Phi) is 6.24. The van der Waals surface area contributed by atoms with Crippen LogP contribution in [0.25, 0.3) is 6.08 Å². The molecule has 112 valence electrons. The van der Waals surface area contributed by atoms with Crippen molar-refractivity contribution in [1.29, 1.82) is 5.26 Å². The van der Waals surface area contributed by atoms with Gasteiger partial charge in [-0.25, -0.2) is 4.79 Å². The van der Waals surface area contributed by atoms with Crippen LogP contribution in [-0.4, -0.2) is 38.0 Å². The standard InChI is InChI=1S/C15H17NO5/c1-10(9-19-2)21-15(18)12(8-16)6-11-4-5-13(17)14(7-11)20-3/h4-7,10,17H,9H2,1-3H3/b12-6+/t10-/m0/s1. The van der Waals surface area contributed by atoms with Crippen LogP contribution in [0.5, 0.6) is 11.5 Å². The molecule has 6 heteroatoms. The summed E-state index contributed by atoms with van der Waals surface area (Å²) < 4.78 is 14.9. The smallest absolute Gasteiger partial charge is 0.349 e. The number of nitriles is 1. The molecule has 6 nitrogen and oxygen atoms in total. The monoisotopic (exact) mass is 291 g/mol. The first-order chi connectivity index (χ1) is 10.0. The molecule has 0 aliphatic carbocycles. The lowest BCUT2D eigenvalue weighted by Gasteiger charge is -2.11. The van der Waals surface area contributed by atoms with Gasteiger partial charge >= 0.3 is 5.97 Å². The zero-order valence-corrected chi connectivity index (χ0v) is 12.1. The van der Waals surface area contributed by atoms with Crippen molar-refractivity contribution in [2.75, 3.05) is 20.8 Å². The van der Waals surface area contributed by atoms with E-state index < -0.39 is 12.1 Å². The van der Waals surface area contributed by atoms with Gasteiger partial charge in [-0.15, -0.1) is 0 Å². The van der Waals surface area contributed by atoms with E-state index in [4.69, 9.17) is 19.5 Å². The molecule has 0 saturated carbocycles. The molecule has 1 aromatic carbocycles. The quantitative estimate of drug-likeness (QED) is 0.489. The number of hydrogen-bond donors (Lipinski definition) is 1. The summed E-state index contributed by atoms with van der Waals surface area (Å²) in [6.45, 7) is 1.91. The summed E-state index contributed by atoms with van der Waals surface area (Å²) in [5.74, 6) is -0.499. The first-order valence-corrected chi connectivity index (χ1v) is 6.20. The third kappa shape index (κ3) is 4.82. The van der Waals surface area contributed by atoms with Crippen molar-refractivity contribution in [3.05, 3.63) is 29.3 Å². The summed E-state index contributed by atoms with van der Waals surface area (Å²) >= 11 is 0. The van der Waals surface area contributed by atoms with Crippen molar-refractivity contribution in [2.24, 2.45) is 0 Å². The topological polar surface area (TPSA) is 88.8 Å².